The normalized spacial score (nSPS) is 11.2. The summed E-state index contributed by atoms with van der Waals surface area (Å²) in [6, 6.07) is 7.84. The van der Waals surface area contributed by atoms with E-state index in [1.807, 2.05) is 31.2 Å². The smallest absolute Gasteiger partial charge is 0.188 e. The van der Waals surface area contributed by atoms with Crippen LogP contribution in [0.3, 0.4) is 0 Å². The molecule has 0 fully saturated rings. The molecule has 2 rings (SSSR count). The lowest BCUT2D eigenvalue weighted by Crippen LogP contribution is -2.09. The number of hydrogen-bond acceptors (Lipinski definition) is 5. The van der Waals surface area contributed by atoms with Crippen LogP contribution >= 0.6 is 0 Å². The van der Waals surface area contributed by atoms with Gasteiger partial charge in [0.05, 0.1) is 17.6 Å². The van der Waals surface area contributed by atoms with E-state index >= 15 is 0 Å². The van der Waals surface area contributed by atoms with Crippen molar-refractivity contribution in [1.82, 2.24) is 9.55 Å². The number of rotatable bonds is 10. The molecule has 0 spiro atoms. The molecule has 6 heteroatoms. The number of aryl methyl sites for hydroxylation is 1. The molecule has 2 aromatic rings. The van der Waals surface area contributed by atoms with Gasteiger partial charge in [-0.25, -0.2) is 4.98 Å². The molecule has 0 saturated carbocycles. The van der Waals surface area contributed by atoms with Crippen molar-refractivity contribution < 1.29 is 14.7 Å². The molecule has 0 radical (unpaired) electrons. The molecule has 0 atom stereocenters. The summed E-state index contributed by atoms with van der Waals surface area (Å²) in [5, 5.41) is 12.3. The Morgan fingerprint density at radius 2 is 2.08 bits per heavy atom. The van der Waals surface area contributed by atoms with Crippen LogP contribution in [-0.4, -0.2) is 34.9 Å². The van der Waals surface area contributed by atoms with Gasteiger partial charge in [0.25, 0.3) is 0 Å². The molecule has 1 aromatic heterocycles. The van der Waals surface area contributed by atoms with E-state index in [0.717, 1.165) is 53.4 Å². The molecule has 1 N–H and O–H groups in total. The van der Waals surface area contributed by atoms with Crippen molar-refractivity contribution in [3.05, 3.63) is 53.6 Å². The summed E-state index contributed by atoms with van der Waals surface area (Å²) in [5.74, 6) is 1.73. The van der Waals surface area contributed by atoms with E-state index in [0.29, 0.717) is 6.54 Å². The van der Waals surface area contributed by atoms with Gasteiger partial charge in [0.15, 0.2) is 6.79 Å². The highest BCUT2D eigenvalue weighted by molar-refractivity contribution is 5.84. The molecule has 0 aliphatic heterocycles. The van der Waals surface area contributed by atoms with E-state index in [1.54, 1.807) is 7.11 Å². The van der Waals surface area contributed by atoms with Gasteiger partial charge in [-0.3, -0.25) is 0 Å². The number of oxime groups is 1. The fraction of sp³-hybridized carbons (Fsp3) is 0.400. The zero-order valence-electron chi connectivity index (χ0n) is 15.7. The van der Waals surface area contributed by atoms with Crippen LogP contribution in [-0.2, 0) is 17.7 Å². The van der Waals surface area contributed by atoms with Crippen LogP contribution in [0.1, 0.15) is 49.5 Å². The number of imidazole rings is 1. The molecule has 0 unspecified atom stereocenters. The summed E-state index contributed by atoms with van der Waals surface area (Å²) in [6.07, 6.45) is 4.43. The molecule has 140 valence electrons. The Kier molecular flexibility index (Phi) is 7.41. The van der Waals surface area contributed by atoms with Crippen molar-refractivity contribution in [2.24, 2.45) is 5.16 Å². The Bertz CT molecular complexity index is 748. The Morgan fingerprint density at radius 1 is 1.35 bits per heavy atom. The molecule has 0 aliphatic carbocycles. The maximum atomic E-state index is 9.09. The number of allylic oxidation sites excluding steroid dienone is 1. The van der Waals surface area contributed by atoms with Gasteiger partial charge < -0.3 is 19.2 Å². The van der Waals surface area contributed by atoms with Crippen molar-refractivity contribution >= 4 is 11.8 Å². The van der Waals surface area contributed by atoms with Gasteiger partial charge in [0.1, 0.15) is 11.6 Å². The minimum Gasteiger partial charge on any atom is -0.468 e. The maximum Gasteiger partial charge on any atom is 0.188 e. The summed E-state index contributed by atoms with van der Waals surface area (Å²) in [6.45, 7) is 8.92. The number of nitrogens with zero attached hydrogens (tertiary/aromatic N) is 3. The monoisotopic (exact) mass is 357 g/mol. The summed E-state index contributed by atoms with van der Waals surface area (Å²) in [4.78, 5) is 4.74. The van der Waals surface area contributed by atoms with E-state index in [9.17, 15) is 0 Å². The van der Waals surface area contributed by atoms with Crippen molar-refractivity contribution in [3.63, 3.8) is 0 Å². The van der Waals surface area contributed by atoms with Gasteiger partial charge in [-0.2, -0.15) is 0 Å². The van der Waals surface area contributed by atoms with Crippen LogP contribution in [0.25, 0.3) is 5.57 Å². The highest BCUT2D eigenvalue weighted by atomic mass is 16.7. The summed E-state index contributed by atoms with van der Waals surface area (Å²) in [7, 11) is 1.59. The fourth-order valence-electron chi connectivity index (χ4n) is 2.72. The second-order valence-corrected chi connectivity index (χ2v) is 6.17. The molecule has 1 heterocycles. The summed E-state index contributed by atoms with van der Waals surface area (Å²) in [5.41, 5.74) is 3.49. The highest BCUT2D eigenvalue weighted by Gasteiger charge is 2.16. The Morgan fingerprint density at radius 3 is 2.65 bits per heavy atom. The first-order valence-corrected chi connectivity index (χ1v) is 8.74. The molecule has 0 saturated heterocycles. The zero-order valence-corrected chi connectivity index (χ0v) is 15.7. The maximum absolute atomic E-state index is 9.09. The lowest BCUT2D eigenvalue weighted by Gasteiger charge is -2.11. The standard InChI is InChI=1S/C20H27N3O3/c1-5-6-7-19-22-20(15(2)3)18(12-21-24)23(19)13-16-8-10-17(11-9-16)26-14-25-4/h8-12,24H,2,5-7,13-14H2,1,3-4H3/b21-12+. The minimum atomic E-state index is 0.223. The van der Waals surface area contributed by atoms with Crippen LogP contribution in [0.5, 0.6) is 5.75 Å². The van der Waals surface area contributed by atoms with Crippen LogP contribution in [0.4, 0.5) is 0 Å². The first-order chi connectivity index (χ1) is 12.6. The Labute approximate surface area is 154 Å². The lowest BCUT2D eigenvalue weighted by atomic mass is 10.2. The molecule has 6 nitrogen and oxygen atoms in total. The Balaban J connectivity index is 2.34. The minimum absolute atomic E-state index is 0.223. The van der Waals surface area contributed by atoms with Crippen molar-refractivity contribution in [1.29, 1.82) is 0 Å². The van der Waals surface area contributed by atoms with E-state index in [1.165, 1.54) is 6.21 Å². The van der Waals surface area contributed by atoms with Crippen LogP contribution < -0.4 is 4.74 Å². The van der Waals surface area contributed by atoms with E-state index in [2.05, 4.69) is 23.2 Å². The average molecular weight is 357 g/mol. The third kappa shape index (κ3) is 4.95. The third-order valence-corrected chi connectivity index (χ3v) is 4.03. The number of benzene rings is 1. The number of unbranched alkanes of at least 4 members (excludes halogenated alkanes) is 1. The second-order valence-electron chi connectivity index (χ2n) is 6.17. The van der Waals surface area contributed by atoms with E-state index in [4.69, 9.17) is 19.7 Å². The fourth-order valence-corrected chi connectivity index (χ4v) is 2.72. The van der Waals surface area contributed by atoms with Gasteiger partial charge in [0, 0.05) is 20.1 Å². The number of methoxy groups -OCH3 is 1. The van der Waals surface area contributed by atoms with Gasteiger partial charge in [0.2, 0.25) is 0 Å². The number of ether oxygens (including phenoxy) is 2. The average Bonchev–Trinajstić information content (AvgIpc) is 2.97. The van der Waals surface area contributed by atoms with Gasteiger partial charge in [-0.05, 0) is 36.6 Å². The van der Waals surface area contributed by atoms with Crippen molar-refractivity contribution in [2.45, 2.75) is 39.7 Å². The molecule has 0 bridgehead atoms. The van der Waals surface area contributed by atoms with Crippen LogP contribution in [0.2, 0.25) is 0 Å². The lowest BCUT2D eigenvalue weighted by molar-refractivity contribution is 0.0511. The van der Waals surface area contributed by atoms with Crippen molar-refractivity contribution in [3.8, 4) is 5.75 Å². The third-order valence-electron chi connectivity index (χ3n) is 4.03. The summed E-state index contributed by atoms with van der Waals surface area (Å²) < 4.78 is 12.4. The molecule has 0 amide bonds. The molecule has 1 aromatic carbocycles. The second kappa shape index (κ2) is 9.77. The molecular weight excluding hydrogens is 330 g/mol. The first kappa shape index (κ1) is 19.7. The van der Waals surface area contributed by atoms with Gasteiger partial charge in [-0.15, -0.1) is 0 Å². The van der Waals surface area contributed by atoms with Gasteiger partial charge >= 0.3 is 0 Å². The summed E-state index contributed by atoms with van der Waals surface area (Å²) >= 11 is 0. The van der Waals surface area contributed by atoms with Crippen LogP contribution in [0, 0.1) is 0 Å². The quantitative estimate of drug-likeness (QED) is 0.301. The topological polar surface area (TPSA) is 68.9 Å². The molecular formula is C20H27N3O3. The zero-order chi connectivity index (χ0) is 18.9. The number of hydrogen-bond donors (Lipinski definition) is 1. The van der Waals surface area contributed by atoms with Crippen LogP contribution in [0.15, 0.2) is 36.0 Å². The van der Waals surface area contributed by atoms with E-state index in [-0.39, 0.29) is 6.79 Å². The first-order valence-electron chi connectivity index (χ1n) is 8.74. The molecule has 0 aliphatic rings. The predicted octanol–water partition coefficient (Wildman–Crippen LogP) is 4.10. The SMILES string of the molecule is C=C(C)c1nc(CCCC)n(Cc2ccc(OCOC)cc2)c1/C=N/O. The number of aromatic nitrogens is 2. The van der Waals surface area contributed by atoms with E-state index < -0.39 is 0 Å². The van der Waals surface area contributed by atoms with Crippen molar-refractivity contribution in [2.75, 3.05) is 13.9 Å². The predicted molar refractivity (Wildman–Crippen MR) is 103 cm³/mol. The Hall–Kier alpha value is -2.60. The highest BCUT2D eigenvalue weighted by Crippen LogP contribution is 2.21. The largest absolute Gasteiger partial charge is 0.468 e. The van der Waals surface area contributed by atoms with Gasteiger partial charge in [-0.1, -0.05) is 37.2 Å². The molecule has 26 heavy (non-hydrogen) atoms.